The first-order valence-corrected chi connectivity index (χ1v) is 9.64. The Morgan fingerprint density at radius 3 is 2.79 bits per heavy atom. The normalized spacial score (nSPS) is 17.1. The summed E-state index contributed by atoms with van der Waals surface area (Å²) in [6, 6.07) is 9.70. The summed E-state index contributed by atoms with van der Waals surface area (Å²) in [6.07, 6.45) is 6.60. The van der Waals surface area contributed by atoms with Crippen molar-refractivity contribution in [1.29, 1.82) is 0 Å². The predicted molar refractivity (Wildman–Crippen MR) is 105 cm³/mol. The minimum atomic E-state index is -0.229. The van der Waals surface area contributed by atoms with Crippen LogP contribution in [0.15, 0.2) is 48.9 Å². The summed E-state index contributed by atoms with van der Waals surface area (Å²) in [5, 5.41) is 2.99. The summed E-state index contributed by atoms with van der Waals surface area (Å²) < 4.78 is 5.67. The van der Waals surface area contributed by atoms with Gasteiger partial charge in [-0.3, -0.25) is 14.6 Å². The molecule has 1 N–H and O–H groups in total. The molecule has 7 nitrogen and oxygen atoms in total. The third kappa shape index (κ3) is 5.60. The molecule has 1 saturated heterocycles. The number of carbonyl (C=O) groups is 2. The highest BCUT2D eigenvalue weighted by Crippen LogP contribution is 2.15. The zero-order chi connectivity index (χ0) is 19.8. The molecule has 2 amide bonds. The van der Waals surface area contributed by atoms with E-state index in [1.54, 1.807) is 4.90 Å². The molecule has 0 radical (unpaired) electrons. The van der Waals surface area contributed by atoms with Gasteiger partial charge in [0.05, 0.1) is 18.3 Å². The van der Waals surface area contributed by atoms with Crippen molar-refractivity contribution in [3.63, 3.8) is 0 Å². The second kappa shape index (κ2) is 9.94. The maximum atomic E-state index is 12.8. The molecule has 0 unspecified atom stereocenters. The van der Waals surface area contributed by atoms with Gasteiger partial charge in [-0.15, -0.1) is 0 Å². The smallest absolute Gasteiger partial charge is 0.274 e. The van der Waals surface area contributed by atoms with Gasteiger partial charge in [0, 0.05) is 38.5 Å². The fourth-order valence-corrected chi connectivity index (χ4v) is 3.26. The van der Waals surface area contributed by atoms with Gasteiger partial charge < -0.3 is 15.0 Å². The molecule has 7 heteroatoms. The molecular weight excluding hydrogens is 356 g/mol. The van der Waals surface area contributed by atoms with Crippen LogP contribution in [0.25, 0.3) is 0 Å². The second-order valence-corrected chi connectivity index (χ2v) is 6.93. The van der Waals surface area contributed by atoms with E-state index in [-0.39, 0.29) is 36.1 Å². The minimum Gasteiger partial charge on any atom is -0.376 e. The lowest BCUT2D eigenvalue weighted by Crippen LogP contribution is -2.40. The highest BCUT2D eigenvalue weighted by molar-refractivity contribution is 5.92. The van der Waals surface area contributed by atoms with Crippen molar-refractivity contribution in [1.82, 2.24) is 20.2 Å². The van der Waals surface area contributed by atoms with Crippen LogP contribution in [-0.2, 0) is 9.53 Å². The van der Waals surface area contributed by atoms with Gasteiger partial charge in [-0.05, 0) is 25.3 Å². The van der Waals surface area contributed by atoms with Crippen LogP contribution in [0.1, 0.15) is 48.3 Å². The lowest BCUT2D eigenvalue weighted by atomic mass is 10.1. The number of carbonyl (C=O) groups excluding carboxylic acids is 2. The Hall–Kier alpha value is -2.80. The number of aromatic nitrogens is 2. The number of nitrogens with zero attached hydrogens (tertiary/aromatic N) is 3. The van der Waals surface area contributed by atoms with E-state index in [1.807, 2.05) is 37.3 Å². The van der Waals surface area contributed by atoms with Gasteiger partial charge in [0.2, 0.25) is 5.91 Å². The standard InChI is InChI=1S/C21H26N4O3/c1-16(17-6-3-2-4-7-17)24-20(26)9-12-25(15-18-8-5-13-28-18)21(27)19-14-22-10-11-23-19/h2-4,6-7,10-11,14,16,18H,5,8-9,12-13,15H2,1H3,(H,24,26)/t16-,18-/m1/s1. The van der Waals surface area contributed by atoms with Crippen LogP contribution in [0.3, 0.4) is 0 Å². The van der Waals surface area contributed by atoms with Crippen LogP contribution in [-0.4, -0.2) is 52.5 Å². The SMILES string of the molecule is C[C@@H](NC(=O)CCN(C[C@H]1CCCO1)C(=O)c1cnccn1)c1ccccc1. The summed E-state index contributed by atoms with van der Waals surface area (Å²) in [5.74, 6) is -0.326. The van der Waals surface area contributed by atoms with Gasteiger partial charge >= 0.3 is 0 Å². The average molecular weight is 382 g/mol. The first kappa shape index (κ1) is 19.9. The number of rotatable bonds is 8. The Labute approximate surface area is 165 Å². The quantitative estimate of drug-likeness (QED) is 0.758. The molecule has 2 atom stereocenters. The Bertz CT molecular complexity index is 764. The van der Waals surface area contributed by atoms with Crippen molar-refractivity contribution >= 4 is 11.8 Å². The number of hydrogen-bond acceptors (Lipinski definition) is 5. The van der Waals surface area contributed by atoms with Crippen molar-refractivity contribution in [3.8, 4) is 0 Å². The van der Waals surface area contributed by atoms with E-state index in [0.29, 0.717) is 19.7 Å². The van der Waals surface area contributed by atoms with Crippen LogP contribution in [0.5, 0.6) is 0 Å². The zero-order valence-corrected chi connectivity index (χ0v) is 16.1. The summed E-state index contributed by atoms with van der Waals surface area (Å²) in [4.78, 5) is 35.0. The van der Waals surface area contributed by atoms with E-state index in [1.165, 1.54) is 18.6 Å². The van der Waals surface area contributed by atoms with Gasteiger partial charge in [-0.2, -0.15) is 0 Å². The molecule has 2 heterocycles. The maximum absolute atomic E-state index is 12.8. The van der Waals surface area contributed by atoms with Gasteiger partial charge in [-0.25, -0.2) is 4.98 Å². The Morgan fingerprint density at radius 2 is 2.11 bits per heavy atom. The summed E-state index contributed by atoms with van der Waals surface area (Å²) in [5.41, 5.74) is 1.32. The predicted octanol–water partition coefficient (Wildman–Crippen LogP) is 2.37. The van der Waals surface area contributed by atoms with E-state index < -0.39 is 0 Å². The van der Waals surface area contributed by atoms with Crippen molar-refractivity contribution in [2.24, 2.45) is 0 Å². The summed E-state index contributed by atoms with van der Waals surface area (Å²) in [6.45, 7) is 3.43. The molecular formula is C21H26N4O3. The van der Waals surface area contributed by atoms with Gasteiger partial charge in [0.1, 0.15) is 5.69 Å². The molecule has 28 heavy (non-hydrogen) atoms. The summed E-state index contributed by atoms with van der Waals surface area (Å²) >= 11 is 0. The van der Waals surface area contributed by atoms with E-state index in [0.717, 1.165) is 18.4 Å². The zero-order valence-electron chi connectivity index (χ0n) is 16.1. The Kier molecular flexibility index (Phi) is 7.08. The molecule has 1 aliphatic rings. The molecule has 0 aliphatic carbocycles. The molecule has 0 spiro atoms. The fourth-order valence-electron chi connectivity index (χ4n) is 3.26. The minimum absolute atomic E-state index is 0.00641. The monoisotopic (exact) mass is 382 g/mol. The van der Waals surface area contributed by atoms with Crippen molar-refractivity contribution in [3.05, 3.63) is 60.2 Å². The maximum Gasteiger partial charge on any atom is 0.274 e. The molecule has 1 aromatic carbocycles. The number of ether oxygens (including phenoxy) is 1. The second-order valence-electron chi connectivity index (χ2n) is 6.93. The van der Waals surface area contributed by atoms with E-state index in [2.05, 4.69) is 15.3 Å². The number of amides is 2. The van der Waals surface area contributed by atoms with Crippen LogP contribution >= 0.6 is 0 Å². The highest BCUT2D eigenvalue weighted by Gasteiger charge is 2.25. The fraction of sp³-hybridized carbons (Fsp3) is 0.429. The van der Waals surface area contributed by atoms with Crippen LogP contribution in [0.2, 0.25) is 0 Å². The van der Waals surface area contributed by atoms with Gasteiger partial charge in [0.25, 0.3) is 5.91 Å². The Balaban J connectivity index is 1.58. The molecule has 148 valence electrons. The lowest BCUT2D eigenvalue weighted by Gasteiger charge is -2.25. The molecule has 3 rings (SSSR count). The molecule has 2 aromatic rings. The molecule has 1 aromatic heterocycles. The Morgan fingerprint density at radius 1 is 1.29 bits per heavy atom. The number of nitrogens with one attached hydrogen (secondary N) is 1. The highest BCUT2D eigenvalue weighted by atomic mass is 16.5. The van der Waals surface area contributed by atoms with Crippen LogP contribution < -0.4 is 5.32 Å². The lowest BCUT2D eigenvalue weighted by molar-refractivity contribution is -0.122. The molecule has 0 saturated carbocycles. The first-order chi connectivity index (χ1) is 13.6. The van der Waals surface area contributed by atoms with Crippen molar-refractivity contribution in [2.75, 3.05) is 19.7 Å². The van der Waals surface area contributed by atoms with E-state index in [9.17, 15) is 9.59 Å². The van der Waals surface area contributed by atoms with Crippen molar-refractivity contribution in [2.45, 2.75) is 38.3 Å². The number of benzene rings is 1. The molecule has 1 aliphatic heterocycles. The van der Waals surface area contributed by atoms with Crippen LogP contribution in [0, 0.1) is 0 Å². The number of hydrogen-bond donors (Lipinski definition) is 1. The van der Waals surface area contributed by atoms with Crippen LogP contribution in [0.4, 0.5) is 0 Å². The largest absolute Gasteiger partial charge is 0.376 e. The van der Waals surface area contributed by atoms with E-state index in [4.69, 9.17) is 4.74 Å². The summed E-state index contributed by atoms with van der Waals surface area (Å²) in [7, 11) is 0. The van der Waals surface area contributed by atoms with Crippen molar-refractivity contribution < 1.29 is 14.3 Å². The van der Waals surface area contributed by atoms with Gasteiger partial charge in [0.15, 0.2) is 0 Å². The van der Waals surface area contributed by atoms with Gasteiger partial charge in [-0.1, -0.05) is 30.3 Å². The third-order valence-corrected chi connectivity index (χ3v) is 4.80. The first-order valence-electron chi connectivity index (χ1n) is 9.64. The average Bonchev–Trinajstić information content (AvgIpc) is 3.25. The molecule has 0 bridgehead atoms. The molecule has 1 fully saturated rings. The topological polar surface area (TPSA) is 84.4 Å². The van der Waals surface area contributed by atoms with E-state index >= 15 is 0 Å². The third-order valence-electron chi connectivity index (χ3n) is 4.80.